The molecule has 1 aromatic heterocycles. The fraction of sp³-hybridized carbons (Fsp3) is 0.111. The Balaban J connectivity index is 2.16. The van der Waals surface area contributed by atoms with Crippen molar-refractivity contribution >= 4 is 34.3 Å². The zero-order valence-electron chi connectivity index (χ0n) is 12.4. The molecular weight excluding hydrogens is 314 g/mol. The van der Waals surface area contributed by atoms with Crippen molar-refractivity contribution in [2.24, 2.45) is 0 Å². The molecule has 0 saturated carbocycles. The molecule has 0 atom stereocenters. The molecule has 0 aliphatic rings. The minimum Gasteiger partial charge on any atom is -0.481 e. The topological polar surface area (TPSA) is 70.2 Å². The molecule has 0 amide bonds. The number of hydrogen-bond acceptors (Lipinski definition) is 2. The van der Waals surface area contributed by atoms with Gasteiger partial charge in [0, 0.05) is 27.1 Å². The molecule has 0 spiro atoms. The quantitative estimate of drug-likeness (QED) is 0.712. The van der Waals surface area contributed by atoms with Crippen molar-refractivity contribution in [3.8, 4) is 0 Å². The zero-order chi connectivity index (χ0) is 16.6. The molecule has 0 aliphatic heterocycles. The smallest absolute Gasteiger partial charge is 0.307 e. The molecule has 0 fully saturated rings. The van der Waals surface area contributed by atoms with Gasteiger partial charge in [0.15, 0.2) is 0 Å². The van der Waals surface area contributed by atoms with Crippen molar-refractivity contribution in [3.05, 3.63) is 69.9 Å². The Morgan fingerprint density at radius 1 is 1.13 bits per heavy atom. The number of carbonyl (C=O) groups is 2. The molecule has 0 radical (unpaired) electrons. The van der Waals surface area contributed by atoms with Crippen molar-refractivity contribution in [1.82, 2.24) is 4.98 Å². The summed E-state index contributed by atoms with van der Waals surface area (Å²) in [6, 6.07) is 12.3. The maximum absolute atomic E-state index is 12.8. The van der Waals surface area contributed by atoms with Crippen molar-refractivity contribution in [1.29, 1.82) is 0 Å². The molecule has 23 heavy (non-hydrogen) atoms. The van der Waals surface area contributed by atoms with Gasteiger partial charge in [0.1, 0.15) is 0 Å². The summed E-state index contributed by atoms with van der Waals surface area (Å²) >= 11 is 5.98. The second kappa shape index (κ2) is 5.89. The van der Waals surface area contributed by atoms with Gasteiger partial charge in [-0.2, -0.15) is 0 Å². The first kappa shape index (κ1) is 15.3. The lowest BCUT2D eigenvalue weighted by molar-refractivity contribution is -0.136. The van der Waals surface area contributed by atoms with Gasteiger partial charge < -0.3 is 10.1 Å². The molecule has 3 rings (SSSR count). The minimum absolute atomic E-state index is 0.228. The van der Waals surface area contributed by atoms with E-state index in [1.54, 1.807) is 30.3 Å². The van der Waals surface area contributed by atoms with Crippen LogP contribution in [0.1, 0.15) is 27.2 Å². The van der Waals surface area contributed by atoms with Crippen LogP contribution in [-0.2, 0) is 11.2 Å². The average molecular weight is 328 g/mol. The number of aromatic amines is 1. The molecule has 0 bridgehead atoms. The van der Waals surface area contributed by atoms with Gasteiger partial charge in [0.25, 0.3) is 0 Å². The van der Waals surface area contributed by atoms with Crippen LogP contribution in [0.2, 0.25) is 5.02 Å². The normalized spacial score (nSPS) is 10.9. The summed E-state index contributed by atoms with van der Waals surface area (Å²) in [5.74, 6) is -1.22. The number of rotatable bonds is 4. The summed E-state index contributed by atoms with van der Waals surface area (Å²) in [4.78, 5) is 27.0. The molecule has 2 N–H and O–H groups in total. The Labute approximate surface area is 137 Å². The van der Waals surface area contributed by atoms with Gasteiger partial charge in [-0.05, 0) is 19.1 Å². The molecule has 2 aromatic carbocycles. The third kappa shape index (κ3) is 2.98. The molecule has 3 aromatic rings. The van der Waals surface area contributed by atoms with E-state index in [0.29, 0.717) is 32.7 Å². The predicted molar refractivity (Wildman–Crippen MR) is 89.3 cm³/mol. The number of carboxylic acids is 1. The van der Waals surface area contributed by atoms with Crippen molar-refractivity contribution in [2.45, 2.75) is 13.3 Å². The number of benzene rings is 2. The van der Waals surface area contributed by atoms with Gasteiger partial charge in [0.2, 0.25) is 5.78 Å². The summed E-state index contributed by atoms with van der Waals surface area (Å²) in [6.07, 6.45) is -0.228. The number of carbonyl (C=O) groups excluding carboxylic acids is 1. The maximum Gasteiger partial charge on any atom is 0.307 e. The molecule has 5 heteroatoms. The van der Waals surface area contributed by atoms with E-state index in [0.717, 1.165) is 5.56 Å². The van der Waals surface area contributed by atoms with Crippen molar-refractivity contribution in [2.75, 3.05) is 0 Å². The Kier molecular flexibility index (Phi) is 3.92. The SMILES string of the molecule is Cc1ccc(C(=O)c2[nH]c3cc(Cl)ccc3c2CC(=O)O)cc1. The average Bonchev–Trinajstić information content (AvgIpc) is 2.84. The Hall–Kier alpha value is -2.59. The minimum atomic E-state index is -0.987. The number of hydrogen-bond donors (Lipinski definition) is 2. The lowest BCUT2D eigenvalue weighted by atomic mass is 10.0. The molecule has 0 aliphatic carbocycles. The fourth-order valence-corrected chi connectivity index (χ4v) is 2.78. The fourth-order valence-electron chi connectivity index (χ4n) is 2.61. The summed E-state index contributed by atoms with van der Waals surface area (Å²) < 4.78 is 0. The summed E-state index contributed by atoms with van der Waals surface area (Å²) in [6.45, 7) is 1.94. The third-order valence-electron chi connectivity index (χ3n) is 3.74. The van der Waals surface area contributed by atoms with Crippen LogP contribution < -0.4 is 0 Å². The predicted octanol–water partition coefficient (Wildman–Crippen LogP) is 3.99. The lowest BCUT2D eigenvalue weighted by Crippen LogP contribution is -2.08. The van der Waals surface area contributed by atoms with Gasteiger partial charge in [-0.3, -0.25) is 9.59 Å². The van der Waals surface area contributed by atoms with Gasteiger partial charge in [-0.1, -0.05) is 47.5 Å². The van der Waals surface area contributed by atoms with E-state index in [2.05, 4.69) is 4.98 Å². The van der Waals surface area contributed by atoms with E-state index in [4.69, 9.17) is 16.7 Å². The zero-order valence-corrected chi connectivity index (χ0v) is 13.1. The number of ketones is 1. The molecule has 4 nitrogen and oxygen atoms in total. The lowest BCUT2D eigenvalue weighted by Gasteiger charge is -2.03. The first-order valence-electron chi connectivity index (χ1n) is 7.09. The first-order valence-corrected chi connectivity index (χ1v) is 7.47. The number of halogens is 1. The molecule has 116 valence electrons. The molecular formula is C18H14ClNO3. The van der Waals surface area contributed by atoms with Crippen LogP contribution in [0.5, 0.6) is 0 Å². The standard InChI is InChI=1S/C18H14ClNO3/c1-10-2-4-11(5-3-10)18(23)17-14(9-16(21)22)13-7-6-12(19)8-15(13)20-17/h2-8,20H,9H2,1H3,(H,21,22). The van der Waals surface area contributed by atoms with Crippen LogP contribution in [-0.4, -0.2) is 21.8 Å². The Morgan fingerprint density at radius 3 is 2.48 bits per heavy atom. The number of nitrogens with one attached hydrogen (secondary N) is 1. The monoisotopic (exact) mass is 327 g/mol. The highest BCUT2D eigenvalue weighted by Gasteiger charge is 2.21. The number of H-pyrrole nitrogens is 1. The largest absolute Gasteiger partial charge is 0.481 e. The highest BCUT2D eigenvalue weighted by molar-refractivity contribution is 6.31. The van der Waals surface area contributed by atoms with E-state index >= 15 is 0 Å². The highest BCUT2D eigenvalue weighted by atomic mass is 35.5. The van der Waals surface area contributed by atoms with Gasteiger partial charge in [-0.25, -0.2) is 0 Å². The number of aromatic nitrogens is 1. The van der Waals surface area contributed by atoms with Crippen molar-refractivity contribution in [3.63, 3.8) is 0 Å². The summed E-state index contributed by atoms with van der Waals surface area (Å²) in [5.41, 5.74) is 3.00. The Morgan fingerprint density at radius 2 is 1.83 bits per heavy atom. The Bertz CT molecular complexity index is 910. The van der Waals surface area contributed by atoms with Crippen LogP contribution in [0.4, 0.5) is 0 Å². The second-order valence-electron chi connectivity index (χ2n) is 5.43. The third-order valence-corrected chi connectivity index (χ3v) is 3.97. The van der Waals surface area contributed by atoms with Crippen LogP contribution in [0.25, 0.3) is 10.9 Å². The van der Waals surface area contributed by atoms with E-state index in [-0.39, 0.29) is 12.2 Å². The summed E-state index contributed by atoms with van der Waals surface area (Å²) in [5, 5.41) is 10.4. The highest BCUT2D eigenvalue weighted by Crippen LogP contribution is 2.27. The van der Waals surface area contributed by atoms with Crippen LogP contribution >= 0.6 is 11.6 Å². The van der Waals surface area contributed by atoms with Crippen LogP contribution in [0.3, 0.4) is 0 Å². The number of aliphatic carboxylic acids is 1. The van der Waals surface area contributed by atoms with Crippen LogP contribution in [0, 0.1) is 6.92 Å². The maximum atomic E-state index is 12.8. The van der Waals surface area contributed by atoms with E-state index in [1.165, 1.54) is 0 Å². The molecule has 0 unspecified atom stereocenters. The van der Waals surface area contributed by atoms with E-state index in [9.17, 15) is 9.59 Å². The molecule has 0 saturated heterocycles. The number of fused-ring (bicyclic) bond motifs is 1. The first-order chi connectivity index (χ1) is 11.0. The number of aryl methyl sites for hydroxylation is 1. The van der Waals surface area contributed by atoms with Crippen LogP contribution in [0.15, 0.2) is 42.5 Å². The van der Waals surface area contributed by atoms with Gasteiger partial charge >= 0.3 is 5.97 Å². The molecule has 1 heterocycles. The number of carboxylic acid groups (broad SMARTS) is 1. The van der Waals surface area contributed by atoms with Gasteiger partial charge in [-0.15, -0.1) is 0 Å². The van der Waals surface area contributed by atoms with Crippen molar-refractivity contribution < 1.29 is 14.7 Å². The van der Waals surface area contributed by atoms with E-state index in [1.807, 2.05) is 19.1 Å². The summed E-state index contributed by atoms with van der Waals surface area (Å²) in [7, 11) is 0. The second-order valence-corrected chi connectivity index (χ2v) is 5.87. The van der Waals surface area contributed by atoms with E-state index < -0.39 is 5.97 Å². The van der Waals surface area contributed by atoms with Gasteiger partial charge in [0.05, 0.1) is 12.1 Å².